The molecule has 0 heterocycles. The van der Waals surface area contributed by atoms with Crippen molar-refractivity contribution in [1.82, 2.24) is 0 Å². The molecule has 52 valence electrons. The predicted octanol–water partition coefficient (Wildman–Crippen LogP) is 1.59. The van der Waals surface area contributed by atoms with Gasteiger partial charge < -0.3 is 0 Å². The van der Waals surface area contributed by atoms with Gasteiger partial charge in [0, 0.05) is 0 Å². The van der Waals surface area contributed by atoms with Crippen molar-refractivity contribution in [2.24, 2.45) is 0 Å². The summed E-state index contributed by atoms with van der Waals surface area (Å²) in [5.41, 5.74) is 0. The van der Waals surface area contributed by atoms with Gasteiger partial charge >= 0.3 is 0 Å². The first kappa shape index (κ1) is 78.0. The van der Waals surface area contributed by atoms with Crippen molar-refractivity contribution >= 4 is 0 Å². The molecule has 0 saturated carbocycles. The summed E-state index contributed by atoms with van der Waals surface area (Å²) in [7, 11) is 0. The van der Waals surface area contributed by atoms with E-state index in [9.17, 15) is 4.39 Å². The van der Waals surface area contributed by atoms with Crippen LogP contribution in [0.15, 0.2) is 0 Å². The van der Waals surface area contributed by atoms with Crippen LogP contribution in [0.2, 0.25) is 0 Å². The molecule has 0 radical (unpaired) electrons. The highest BCUT2D eigenvalue weighted by Crippen LogP contribution is 1.48. The fourth-order valence-corrected chi connectivity index (χ4v) is 0. The van der Waals surface area contributed by atoms with Gasteiger partial charge in [-0.05, 0) is 6.92 Å². The van der Waals surface area contributed by atoms with Gasteiger partial charge in [-0.15, -0.1) is 0 Å². The van der Waals surface area contributed by atoms with E-state index in [4.69, 9.17) is 0 Å². The third-order valence-corrected chi connectivity index (χ3v) is 0. The molecule has 0 aromatic rings. The van der Waals surface area contributed by atoms with E-state index < -0.39 is 0 Å². The van der Waals surface area contributed by atoms with Crippen LogP contribution in [-0.4, -0.2) is 6.67 Å². The van der Waals surface area contributed by atoms with Crippen LogP contribution < -0.4 is 0 Å². The minimum Gasteiger partial charge on any atom is -0.269 e. The van der Waals surface area contributed by atoms with Crippen LogP contribution in [0, 0.1) is 0 Å². The van der Waals surface area contributed by atoms with Gasteiger partial charge in [0.15, 0.2) is 0 Å². The van der Waals surface area contributed by atoms with Crippen molar-refractivity contribution in [2.75, 3.05) is 6.67 Å². The molecule has 0 fully saturated rings. The van der Waals surface area contributed by atoms with Crippen molar-refractivity contribution in [3.8, 4) is 0 Å². The molecule has 7 heavy (non-hydrogen) atoms. The van der Waals surface area contributed by atoms with E-state index in [-0.39, 0.29) is 25.5 Å². The Hall–Kier alpha value is -0.350. The van der Waals surface area contributed by atoms with E-state index in [1.54, 1.807) is 0 Å². The van der Waals surface area contributed by atoms with E-state index >= 15 is 0 Å². The summed E-state index contributed by atoms with van der Waals surface area (Å²) in [6.45, 7) is 1.21. The van der Waals surface area contributed by atoms with Crippen molar-refractivity contribution < 1.29 is 23.2 Å². The molecule has 0 aromatic carbocycles. The van der Waals surface area contributed by atoms with Crippen LogP contribution >= 0.6 is 0 Å². The first-order valence-electron chi connectivity index (χ1n) is 0.974. The van der Waals surface area contributed by atoms with Crippen molar-refractivity contribution in [2.45, 2.75) is 6.92 Å². The number of alkyl halides is 1. The molecular formula is C2H9F5. The average molecular weight is 128 g/mol. The standard InChI is InChI=1S/C2H5F.4FH/c1-2-3;;;;/h2H2,1H3;4*1H. The zero-order valence-electron chi connectivity index (χ0n) is 3.72. The fourth-order valence-electron chi connectivity index (χ4n) is 0. The van der Waals surface area contributed by atoms with Crippen molar-refractivity contribution in [3.63, 3.8) is 0 Å². The van der Waals surface area contributed by atoms with Gasteiger partial charge in [0.05, 0.1) is 6.67 Å². The monoisotopic (exact) mass is 128 g/mol. The molecule has 0 atom stereocenters. The van der Waals surface area contributed by atoms with Crippen LogP contribution in [-0.2, 0) is 0 Å². The fraction of sp³-hybridized carbons (Fsp3) is 1.00. The lowest BCUT2D eigenvalue weighted by atomic mass is 10.9. The Balaban J connectivity index is -0.00000000333. The molecule has 0 rings (SSSR count). The Kier molecular flexibility index (Phi) is 3220. The Morgan fingerprint density at radius 3 is 1.00 bits per heavy atom. The zero-order chi connectivity index (χ0) is 2.71. The molecule has 0 amide bonds. The van der Waals surface area contributed by atoms with E-state index in [1.807, 2.05) is 0 Å². The molecule has 5 heteroatoms. The number of rotatable bonds is 0. The molecule has 0 aliphatic rings. The third kappa shape index (κ3) is 614. The maximum Gasteiger partial charge on any atom is 0.0866 e. The maximum atomic E-state index is 10.3. The van der Waals surface area contributed by atoms with Crippen LogP contribution in [0.4, 0.5) is 23.2 Å². The molecular weight excluding hydrogens is 119 g/mol. The minimum absolute atomic E-state index is 0. The van der Waals surface area contributed by atoms with Crippen molar-refractivity contribution in [1.29, 1.82) is 0 Å². The summed E-state index contributed by atoms with van der Waals surface area (Å²) in [5, 5.41) is 0. The van der Waals surface area contributed by atoms with E-state index in [2.05, 4.69) is 0 Å². The molecule has 0 unspecified atom stereocenters. The number of hydrogen-bond donors (Lipinski definition) is 0. The number of hydrogen-bond acceptors (Lipinski definition) is 0. The van der Waals surface area contributed by atoms with Gasteiger partial charge in [0.1, 0.15) is 0 Å². The Labute approximate surface area is 38.2 Å². The Morgan fingerprint density at radius 2 is 1.00 bits per heavy atom. The van der Waals surface area contributed by atoms with Crippen LogP contribution in [0.25, 0.3) is 0 Å². The molecule has 0 N–H and O–H groups in total. The van der Waals surface area contributed by atoms with E-state index in [0.29, 0.717) is 0 Å². The Bertz CT molecular complexity index is 6.04. The largest absolute Gasteiger partial charge is 0.269 e. The smallest absolute Gasteiger partial charge is 0.0866 e. The second-order valence-corrected chi connectivity index (χ2v) is 0.267. The molecule has 0 aliphatic carbocycles. The highest BCUT2D eigenvalue weighted by atomic mass is 19.1. The predicted molar refractivity (Wildman–Crippen MR) is 21.7 cm³/mol. The van der Waals surface area contributed by atoms with Crippen LogP contribution in [0.5, 0.6) is 0 Å². The van der Waals surface area contributed by atoms with Gasteiger partial charge in [-0.25, -0.2) is 0 Å². The first-order chi connectivity index (χ1) is 1.41. The van der Waals surface area contributed by atoms with Crippen LogP contribution in [0.3, 0.4) is 0 Å². The summed E-state index contributed by atoms with van der Waals surface area (Å²) < 4.78 is 10.3. The molecule has 0 spiro atoms. The summed E-state index contributed by atoms with van der Waals surface area (Å²) in [5.74, 6) is 0. The number of halogens is 5. The van der Waals surface area contributed by atoms with E-state index in [0.717, 1.165) is 0 Å². The zero-order valence-corrected chi connectivity index (χ0v) is 3.72. The lowest BCUT2D eigenvalue weighted by Gasteiger charge is -1.45. The summed E-state index contributed by atoms with van der Waals surface area (Å²) in [4.78, 5) is 0. The second-order valence-electron chi connectivity index (χ2n) is 0.267. The summed E-state index contributed by atoms with van der Waals surface area (Å²) in [6.07, 6.45) is 0. The molecule has 0 bridgehead atoms. The molecule has 0 aromatic heterocycles. The Morgan fingerprint density at radius 1 is 1.00 bits per heavy atom. The van der Waals surface area contributed by atoms with Gasteiger partial charge in [-0.2, -0.15) is 0 Å². The minimum atomic E-state index is -0.250. The molecule has 0 aliphatic heterocycles. The maximum absolute atomic E-state index is 10.3. The first-order valence-corrected chi connectivity index (χ1v) is 0.974. The highest BCUT2D eigenvalue weighted by molar-refractivity contribution is 3.86. The molecule has 0 nitrogen and oxygen atoms in total. The normalized spacial score (nSPS) is 2.57. The summed E-state index contributed by atoms with van der Waals surface area (Å²) in [6, 6.07) is 0. The van der Waals surface area contributed by atoms with Gasteiger partial charge in [-0.1, -0.05) is 0 Å². The lowest BCUT2D eigenvalue weighted by molar-refractivity contribution is 0.527. The van der Waals surface area contributed by atoms with Crippen LogP contribution in [0.1, 0.15) is 6.92 Å². The van der Waals surface area contributed by atoms with E-state index in [1.165, 1.54) is 6.92 Å². The quantitative estimate of drug-likeness (QED) is 0.434. The van der Waals surface area contributed by atoms with Gasteiger partial charge in [0.2, 0.25) is 0 Å². The highest BCUT2D eigenvalue weighted by Gasteiger charge is 1.39. The average Bonchev–Trinajstić information content (AvgIpc) is 0.918. The lowest BCUT2D eigenvalue weighted by Crippen LogP contribution is -1.40. The second kappa shape index (κ2) is 289. The van der Waals surface area contributed by atoms with Gasteiger partial charge in [-0.3, -0.25) is 23.2 Å². The third-order valence-electron chi connectivity index (χ3n) is 0. The van der Waals surface area contributed by atoms with Gasteiger partial charge in [0.25, 0.3) is 0 Å². The SMILES string of the molecule is CCF.F.F.F.F. The van der Waals surface area contributed by atoms with Crippen molar-refractivity contribution in [3.05, 3.63) is 0 Å². The molecule has 0 saturated heterocycles. The summed E-state index contributed by atoms with van der Waals surface area (Å²) >= 11 is 0. The topological polar surface area (TPSA) is 0 Å².